The third-order valence-electron chi connectivity index (χ3n) is 1.22. The zero-order chi connectivity index (χ0) is 7.28. The minimum absolute atomic E-state index is 0.0625. The molecular weight excluding hydrogens is 118 g/mol. The summed E-state index contributed by atoms with van der Waals surface area (Å²) in [4.78, 5) is 12.2. The largest absolute Gasteiger partial charge is 0.346 e. The van der Waals surface area contributed by atoms with Gasteiger partial charge >= 0.3 is 0 Å². The molecule has 0 saturated carbocycles. The maximum absolute atomic E-state index is 10.7. The Morgan fingerprint density at radius 1 is 1.56 bits per heavy atom. The minimum Gasteiger partial charge on any atom is -0.346 e. The van der Waals surface area contributed by atoms with E-state index in [0.717, 1.165) is 0 Å². The molecule has 0 fully saturated rings. The molecule has 0 atom stereocenters. The van der Waals surface area contributed by atoms with Gasteiger partial charge in [-0.1, -0.05) is 0 Å². The van der Waals surface area contributed by atoms with Crippen LogP contribution < -0.4 is 0 Å². The summed E-state index contributed by atoms with van der Waals surface area (Å²) in [6, 6.07) is 0. The topological polar surface area (TPSA) is 40.2 Å². The lowest BCUT2D eigenvalue weighted by molar-refractivity contribution is -0.130. The highest BCUT2D eigenvalue weighted by atomic mass is 16.3. The van der Waals surface area contributed by atoms with Gasteiger partial charge in [0.2, 0.25) is 5.91 Å². The van der Waals surface area contributed by atoms with Gasteiger partial charge in [-0.25, -0.2) is 5.11 Å². The summed E-state index contributed by atoms with van der Waals surface area (Å²) in [6.07, 6.45) is 0.129. The molecule has 0 heterocycles. The molecule has 1 amide bonds. The first-order valence-corrected chi connectivity index (χ1v) is 3.04. The van der Waals surface area contributed by atoms with E-state index in [0.29, 0.717) is 6.54 Å². The molecule has 0 spiro atoms. The summed E-state index contributed by atoms with van der Waals surface area (Å²) in [5.41, 5.74) is 0. The van der Waals surface area contributed by atoms with E-state index >= 15 is 0 Å². The highest BCUT2D eigenvalue weighted by Gasteiger charge is 2.03. The van der Waals surface area contributed by atoms with Crippen molar-refractivity contribution in [3.63, 3.8) is 0 Å². The van der Waals surface area contributed by atoms with Crippen molar-refractivity contribution in [2.45, 2.75) is 13.3 Å². The van der Waals surface area contributed by atoms with Crippen LogP contribution in [-0.2, 0) is 9.90 Å². The van der Waals surface area contributed by atoms with E-state index in [-0.39, 0.29) is 18.9 Å². The molecule has 53 valence electrons. The first kappa shape index (κ1) is 8.43. The Hall–Kier alpha value is -0.570. The molecule has 0 rings (SSSR count). The van der Waals surface area contributed by atoms with Crippen LogP contribution in [0.25, 0.3) is 0 Å². The Bertz CT molecular complexity index is 93.1. The van der Waals surface area contributed by atoms with Crippen LogP contribution in [-0.4, -0.2) is 31.0 Å². The van der Waals surface area contributed by atoms with E-state index in [4.69, 9.17) is 0 Å². The van der Waals surface area contributed by atoms with Crippen LogP contribution in [0.4, 0.5) is 0 Å². The number of amides is 1. The summed E-state index contributed by atoms with van der Waals surface area (Å²) in [5.74, 6) is -0.0625. The second-order valence-corrected chi connectivity index (χ2v) is 1.86. The third-order valence-corrected chi connectivity index (χ3v) is 1.22. The quantitative estimate of drug-likeness (QED) is 0.541. The first-order valence-electron chi connectivity index (χ1n) is 3.04. The third kappa shape index (κ3) is 3.08. The fraction of sp³-hybridized carbons (Fsp3) is 0.833. The standard InChI is InChI=1S/C6H12NO2/c1-3-7(2)6(9)4-5-8/h3-5H2,1-2H3. The fourth-order valence-corrected chi connectivity index (χ4v) is 0.455. The monoisotopic (exact) mass is 130 g/mol. The molecule has 0 bridgehead atoms. The second-order valence-electron chi connectivity index (χ2n) is 1.86. The van der Waals surface area contributed by atoms with Crippen molar-refractivity contribution in [1.82, 2.24) is 4.90 Å². The van der Waals surface area contributed by atoms with Gasteiger partial charge in [0, 0.05) is 13.6 Å². The molecule has 0 aromatic heterocycles. The molecule has 0 unspecified atom stereocenters. The van der Waals surface area contributed by atoms with Gasteiger partial charge < -0.3 is 4.90 Å². The van der Waals surface area contributed by atoms with Gasteiger partial charge in [0.15, 0.2) is 0 Å². The van der Waals surface area contributed by atoms with Crippen molar-refractivity contribution >= 4 is 5.91 Å². The van der Waals surface area contributed by atoms with Gasteiger partial charge in [-0.2, -0.15) is 0 Å². The predicted molar refractivity (Wildman–Crippen MR) is 33.5 cm³/mol. The highest BCUT2D eigenvalue weighted by molar-refractivity contribution is 5.75. The number of hydrogen-bond donors (Lipinski definition) is 0. The highest BCUT2D eigenvalue weighted by Crippen LogP contribution is 1.87. The van der Waals surface area contributed by atoms with E-state index in [1.54, 1.807) is 7.05 Å². The molecule has 0 aliphatic heterocycles. The number of hydrogen-bond acceptors (Lipinski definition) is 1. The van der Waals surface area contributed by atoms with Gasteiger partial charge in [-0.3, -0.25) is 4.79 Å². The Balaban J connectivity index is 3.46. The Morgan fingerprint density at radius 3 is 2.44 bits per heavy atom. The maximum Gasteiger partial charge on any atom is 0.224 e. The fourth-order valence-electron chi connectivity index (χ4n) is 0.455. The molecule has 3 nitrogen and oxygen atoms in total. The SMILES string of the molecule is CCN(C)C(=O)CC[O]. The van der Waals surface area contributed by atoms with Gasteiger partial charge in [0.25, 0.3) is 0 Å². The lowest BCUT2D eigenvalue weighted by atomic mass is 10.4. The molecule has 0 aliphatic carbocycles. The van der Waals surface area contributed by atoms with Gasteiger partial charge in [0.1, 0.15) is 0 Å². The zero-order valence-electron chi connectivity index (χ0n) is 5.89. The predicted octanol–water partition coefficient (Wildman–Crippen LogP) is 0.285. The molecule has 1 radical (unpaired) electrons. The van der Waals surface area contributed by atoms with Crippen molar-refractivity contribution in [3.8, 4) is 0 Å². The van der Waals surface area contributed by atoms with Crippen LogP contribution in [0.1, 0.15) is 13.3 Å². The van der Waals surface area contributed by atoms with Crippen molar-refractivity contribution < 1.29 is 9.90 Å². The van der Waals surface area contributed by atoms with E-state index in [1.807, 2.05) is 6.92 Å². The Kier molecular flexibility index (Phi) is 4.05. The van der Waals surface area contributed by atoms with Crippen LogP contribution >= 0.6 is 0 Å². The summed E-state index contributed by atoms with van der Waals surface area (Å²) in [7, 11) is 1.69. The van der Waals surface area contributed by atoms with Crippen molar-refractivity contribution in [1.29, 1.82) is 0 Å². The number of carbonyl (C=O) groups excluding carboxylic acids is 1. The van der Waals surface area contributed by atoms with Crippen LogP contribution in [0.15, 0.2) is 0 Å². The number of nitrogens with zero attached hydrogens (tertiary/aromatic N) is 1. The van der Waals surface area contributed by atoms with E-state index < -0.39 is 0 Å². The molecule has 0 aromatic rings. The first-order chi connectivity index (χ1) is 4.22. The van der Waals surface area contributed by atoms with Gasteiger partial charge in [0.05, 0.1) is 13.0 Å². The van der Waals surface area contributed by atoms with Crippen molar-refractivity contribution in [3.05, 3.63) is 0 Å². The minimum atomic E-state index is -0.302. The van der Waals surface area contributed by atoms with Crippen LogP contribution in [0.2, 0.25) is 0 Å². The summed E-state index contributed by atoms with van der Waals surface area (Å²) in [6.45, 7) is 2.25. The summed E-state index contributed by atoms with van der Waals surface area (Å²) < 4.78 is 0. The lowest BCUT2D eigenvalue weighted by Crippen LogP contribution is -2.26. The second kappa shape index (κ2) is 4.32. The maximum atomic E-state index is 10.7. The molecule has 9 heavy (non-hydrogen) atoms. The van der Waals surface area contributed by atoms with Crippen LogP contribution in [0.5, 0.6) is 0 Å². The Labute approximate surface area is 55.3 Å². The Morgan fingerprint density at radius 2 is 2.11 bits per heavy atom. The number of carbonyl (C=O) groups is 1. The molecule has 0 aromatic carbocycles. The molecule has 0 N–H and O–H groups in total. The zero-order valence-corrected chi connectivity index (χ0v) is 5.89. The van der Waals surface area contributed by atoms with E-state index in [9.17, 15) is 9.90 Å². The summed E-state index contributed by atoms with van der Waals surface area (Å²) >= 11 is 0. The van der Waals surface area contributed by atoms with Crippen molar-refractivity contribution in [2.24, 2.45) is 0 Å². The van der Waals surface area contributed by atoms with Gasteiger partial charge in [-0.15, -0.1) is 0 Å². The molecular formula is C6H12NO2. The normalized spacial score (nSPS) is 9.22. The summed E-state index contributed by atoms with van der Waals surface area (Å²) in [5, 5.41) is 9.91. The van der Waals surface area contributed by atoms with Crippen molar-refractivity contribution in [2.75, 3.05) is 20.2 Å². The smallest absolute Gasteiger partial charge is 0.224 e. The molecule has 0 aliphatic rings. The van der Waals surface area contributed by atoms with Crippen LogP contribution in [0, 0.1) is 0 Å². The number of rotatable bonds is 3. The van der Waals surface area contributed by atoms with E-state index in [2.05, 4.69) is 0 Å². The van der Waals surface area contributed by atoms with Gasteiger partial charge in [-0.05, 0) is 6.92 Å². The lowest BCUT2D eigenvalue weighted by Gasteiger charge is -2.12. The molecule has 0 saturated heterocycles. The molecule has 3 heteroatoms. The average Bonchev–Trinajstić information content (AvgIpc) is 1.87. The average molecular weight is 130 g/mol. The van der Waals surface area contributed by atoms with E-state index in [1.165, 1.54) is 4.90 Å². The van der Waals surface area contributed by atoms with Crippen LogP contribution in [0.3, 0.4) is 0 Å².